The Morgan fingerprint density at radius 3 is 2.77 bits per heavy atom. The molecule has 112 valence electrons. The molecule has 0 saturated heterocycles. The second kappa shape index (κ2) is 5.94. The molecule has 1 aromatic carbocycles. The van der Waals surface area contributed by atoms with Crippen molar-refractivity contribution in [2.45, 2.75) is 6.92 Å². The van der Waals surface area contributed by atoms with Crippen molar-refractivity contribution < 1.29 is 14.3 Å². The molecule has 2 aromatic heterocycles. The van der Waals surface area contributed by atoms with Crippen LogP contribution in [-0.2, 0) is 4.74 Å². The fraction of sp³-hybridized carbons (Fsp3) is 0.125. The lowest BCUT2D eigenvalue weighted by molar-refractivity contribution is 0.0606. The van der Waals surface area contributed by atoms with Gasteiger partial charge < -0.3 is 9.47 Å². The van der Waals surface area contributed by atoms with Crippen molar-refractivity contribution in [1.82, 2.24) is 4.98 Å². The van der Waals surface area contributed by atoms with Gasteiger partial charge in [0.1, 0.15) is 10.6 Å². The summed E-state index contributed by atoms with van der Waals surface area (Å²) in [5.74, 6) is 0.925. The number of carbonyl (C=O) groups is 1. The van der Waals surface area contributed by atoms with E-state index >= 15 is 0 Å². The third-order valence-electron chi connectivity index (χ3n) is 3.15. The summed E-state index contributed by atoms with van der Waals surface area (Å²) >= 11 is 7.27. The molecule has 0 radical (unpaired) electrons. The van der Waals surface area contributed by atoms with Gasteiger partial charge in [0.25, 0.3) is 0 Å². The van der Waals surface area contributed by atoms with Crippen molar-refractivity contribution in [3.8, 4) is 11.5 Å². The number of aromatic nitrogens is 1. The smallest absolute Gasteiger partial charge is 0.348 e. The Hall–Kier alpha value is -2.11. The van der Waals surface area contributed by atoms with Crippen LogP contribution in [0.3, 0.4) is 0 Å². The lowest BCUT2D eigenvalue weighted by Crippen LogP contribution is -1.96. The molecule has 3 aromatic rings. The number of carbonyl (C=O) groups excluding carboxylic acids is 1. The van der Waals surface area contributed by atoms with Crippen molar-refractivity contribution >= 4 is 39.0 Å². The van der Waals surface area contributed by atoms with Gasteiger partial charge in [-0.1, -0.05) is 11.6 Å². The van der Waals surface area contributed by atoms with E-state index in [0.29, 0.717) is 21.4 Å². The number of fused-ring (bicyclic) bond motifs is 1. The van der Waals surface area contributed by atoms with Crippen molar-refractivity contribution in [2.24, 2.45) is 0 Å². The van der Waals surface area contributed by atoms with Crippen LogP contribution in [0.5, 0.6) is 11.5 Å². The highest BCUT2D eigenvalue weighted by molar-refractivity contribution is 7.20. The lowest BCUT2D eigenvalue weighted by Gasteiger charge is -2.09. The minimum Gasteiger partial charge on any atom is -0.465 e. The van der Waals surface area contributed by atoms with E-state index in [1.807, 2.05) is 19.1 Å². The van der Waals surface area contributed by atoms with Gasteiger partial charge in [0.2, 0.25) is 0 Å². The SMILES string of the molecule is COC(=O)c1cc2c(Oc3ccc(Cl)cc3C)cncc2s1. The summed E-state index contributed by atoms with van der Waals surface area (Å²) in [6, 6.07) is 7.17. The van der Waals surface area contributed by atoms with E-state index in [1.165, 1.54) is 18.4 Å². The average molecular weight is 334 g/mol. The molecule has 0 aliphatic carbocycles. The molecule has 0 aliphatic rings. The van der Waals surface area contributed by atoms with E-state index in [1.54, 1.807) is 24.5 Å². The molecule has 0 atom stereocenters. The Morgan fingerprint density at radius 2 is 2.05 bits per heavy atom. The van der Waals surface area contributed by atoms with E-state index in [4.69, 9.17) is 21.1 Å². The van der Waals surface area contributed by atoms with Crippen molar-refractivity contribution in [1.29, 1.82) is 0 Å². The predicted octanol–water partition coefficient (Wildman–Crippen LogP) is 4.84. The third kappa shape index (κ3) is 2.77. The highest BCUT2D eigenvalue weighted by atomic mass is 35.5. The molecular formula is C16H12ClNO3S. The van der Waals surface area contributed by atoms with Crippen LogP contribution in [0.25, 0.3) is 10.1 Å². The number of rotatable bonds is 3. The van der Waals surface area contributed by atoms with Gasteiger partial charge in [0, 0.05) is 16.6 Å². The van der Waals surface area contributed by atoms with E-state index in [0.717, 1.165) is 15.6 Å². The first-order chi connectivity index (χ1) is 10.6. The van der Waals surface area contributed by atoms with Crippen LogP contribution in [0.15, 0.2) is 36.7 Å². The Bertz CT molecular complexity index is 860. The molecule has 0 spiro atoms. The van der Waals surface area contributed by atoms with E-state index in [-0.39, 0.29) is 5.97 Å². The zero-order valence-corrected chi connectivity index (χ0v) is 13.5. The quantitative estimate of drug-likeness (QED) is 0.644. The number of pyridine rings is 1. The fourth-order valence-corrected chi connectivity index (χ4v) is 3.25. The van der Waals surface area contributed by atoms with Crippen LogP contribution in [0.2, 0.25) is 5.02 Å². The molecule has 0 aliphatic heterocycles. The first-order valence-corrected chi connectivity index (χ1v) is 7.68. The summed E-state index contributed by atoms with van der Waals surface area (Å²) < 4.78 is 11.6. The molecule has 2 heterocycles. The van der Waals surface area contributed by atoms with Gasteiger partial charge in [-0.25, -0.2) is 4.79 Å². The fourth-order valence-electron chi connectivity index (χ4n) is 2.06. The Labute approximate surface area is 136 Å². The zero-order valence-electron chi connectivity index (χ0n) is 11.9. The number of aryl methyl sites for hydroxylation is 1. The second-order valence-corrected chi connectivity index (χ2v) is 6.18. The standard InChI is InChI=1S/C16H12ClNO3S/c1-9-5-10(17)3-4-12(9)21-13-7-18-8-15-11(13)6-14(22-15)16(19)20-2/h3-8H,1-2H3. The Morgan fingerprint density at radius 1 is 1.23 bits per heavy atom. The third-order valence-corrected chi connectivity index (χ3v) is 4.44. The monoisotopic (exact) mass is 333 g/mol. The highest BCUT2D eigenvalue weighted by Gasteiger charge is 2.14. The topological polar surface area (TPSA) is 48.4 Å². The molecule has 0 amide bonds. The number of nitrogens with zero attached hydrogens (tertiary/aromatic N) is 1. The predicted molar refractivity (Wildman–Crippen MR) is 87.2 cm³/mol. The number of halogens is 1. The molecule has 4 nitrogen and oxygen atoms in total. The van der Waals surface area contributed by atoms with Crippen LogP contribution in [-0.4, -0.2) is 18.1 Å². The maximum atomic E-state index is 11.7. The summed E-state index contributed by atoms with van der Waals surface area (Å²) in [6.45, 7) is 1.92. The molecule has 6 heteroatoms. The van der Waals surface area contributed by atoms with Gasteiger partial charge >= 0.3 is 5.97 Å². The second-order valence-electron chi connectivity index (χ2n) is 4.66. The maximum absolute atomic E-state index is 11.7. The summed E-state index contributed by atoms with van der Waals surface area (Å²) in [4.78, 5) is 16.3. The molecule has 0 saturated carbocycles. The normalized spacial score (nSPS) is 10.7. The summed E-state index contributed by atoms with van der Waals surface area (Å²) in [6.07, 6.45) is 3.33. The average Bonchev–Trinajstić information content (AvgIpc) is 2.94. The van der Waals surface area contributed by atoms with Gasteiger partial charge in [-0.2, -0.15) is 0 Å². The van der Waals surface area contributed by atoms with Gasteiger partial charge in [-0.05, 0) is 36.8 Å². The first kappa shape index (κ1) is 14.8. The van der Waals surface area contributed by atoms with Crippen molar-refractivity contribution in [3.05, 3.63) is 52.1 Å². The van der Waals surface area contributed by atoms with E-state index in [9.17, 15) is 4.79 Å². The molecule has 22 heavy (non-hydrogen) atoms. The van der Waals surface area contributed by atoms with Gasteiger partial charge in [0.05, 0.1) is 18.0 Å². The number of benzene rings is 1. The zero-order chi connectivity index (χ0) is 15.7. The number of esters is 1. The van der Waals surface area contributed by atoms with Crippen LogP contribution in [0.1, 0.15) is 15.2 Å². The number of ether oxygens (including phenoxy) is 2. The maximum Gasteiger partial charge on any atom is 0.348 e. The summed E-state index contributed by atoms with van der Waals surface area (Å²) in [7, 11) is 1.36. The first-order valence-electron chi connectivity index (χ1n) is 6.48. The van der Waals surface area contributed by atoms with Crippen LogP contribution in [0.4, 0.5) is 0 Å². The summed E-state index contributed by atoms with van der Waals surface area (Å²) in [5, 5.41) is 1.49. The molecule has 0 fully saturated rings. The largest absolute Gasteiger partial charge is 0.465 e. The number of methoxy groups -OCH3 is 1. The Balaban J connectivity index is 2.03. The van der Waals surface area contributed by atoms with Crippen LogP contribution >= 0.6 is 22.9 Å². The molecule has 0 bridgehead atoms. The minimum atomic E-state index is -0.366. The lowest BCUT2D eigenvalue weighted by atomic mass is 10.2. The van der Waals surface area contributed by atoms with Gasteiger partial charge in [0.15, 0.2) is 5.75 Å². The minimum absolute atomic E-state index is 0.366. The molecule has 0 N–H and O–H groups in total. The number of thiophene rings is 1. The molecule has 0 unspecified atom stereocenters. The number of hydrogen-bond donors (Lipinski definition) is 0. The van der Waals surface area contributed by atoms with Gasteiger partial charge in [-0.15, -0.1) is 11.3 Å². The van der Waals surface area contributed by atoms with Crippen molar-refractivity contribution in [3.63, 3.8) is 0 Å². The van der Waals surface area contributed by atoms with Crippen LogP contribution in [0, 0.1) is 6.92 Å². The summed E-state index contributed by atoms with van der Waals surface area (Å²) in [5.41, 5.74) is 0.924. The molecular weight excluding hydrogens is 322 g/mol. The van der Waals surface area contributed by atoms with Crippen molar-refractivity contribution in [2.75, 3.05) is 7.11 Å². The molecule has 3 rings (SSSR count). The highest BCUT2D eigenvalue weighted by Crippen LogP contribution is 2.35. The van der Waals surface area contributed by atoms with E-state index < -0.39 is 0 Å². The Kier molecular flexibility index (Phi) is 4.00. The van der Waals surface area contributed by atoms with E-state index in [2.05, 4.69) is 4.98 Å². The van der Waals surface area contributed by atoms with Gasteiger partial charge in [-0.3, -0.25) is 4.98 Å². The number of hydrogen-bond acceptors (Lipinski definition) is 5. The van der Waals surface area contributed by atoms with Crippen LogP contribution < -0.4 is 4.74 Å².